The highest BCUT2D eigenvalue weighted by Gasteiger charge is 2.08. The SMILES string of the molecule is CCCCN(CCO)Cc1ccc(OC)c(OC)c1. The molecule has 1 aromatic rings. The Morgan fingerprint density at radius 1 is 1.11 bits per heavy atom. The van der Waals surface area contributed by atoms with Gasteiger partial charge in [0.25, 0.3) is 0 Å². The molecule has 0 fully saturated rings. The van der Waals surface area contributed by atoms with Crippen LogP contribution >= 0.6 is 0 Å². The van der Waals surface area contributed by atoms with E-state index in [2.05, 4.69) is 11.8 Å². The fourth-order valence-corrected chi connectivity index (χ4v) is 2.03. The Kier molecular flexibility index (Phi) is 7.30. The van der Waals surface area contributed by atoms with Gasteiger partial charge in [-0.2, -0.15) is 0 Å². The molecule has 0 aliphatic heterocycles. The topological polar surface area (TPSA) is 41.9 Å². The van der Waals surface area contributed by atoms with E-state index in [-0.39, 0.29) is 6.61 Å². The van der Waals surface area contributed by atoms with Crippen LogP contribution < -0.4 is 9.47 Å². The second-order valence-corrected chi connectivity index (χ2v) is 4.54. The second-order valence-electron chi connectivity index (χ2n) is 4.54. The maximum atomic E-state index is 9.11. The Morgan fingerprint density at radius 3 is 2.42 bits per heavy atom. The molecule has 4 nitrogen and oxygen atoms in total. The lowest BCUT2D eigenvalue weighted by Gasteiger charge is -2.21. The summed E-state index contributed by atoms with van der Waals surface area (Å²) in [5, 5.41) is 9.11. The molecule has 19 heavy (non-hydrogen) atoms. The molecule has 1 aromatic carbocycles. The van der Waals surface area contributed by atoms with Gasteiger partial charge in [0.15, 0.2) is 11.5 Å². The van der Waals surface area contributed by atoms with Gasteiger partial charge in [-0.25, -0.2) is 0 Å². The highest BCUT2D eigenvalue weighted by atomic mass is 16.5. The summed E-state index contributed by atoms with van der Waals surface area (Å²) < 4.78 is 10.5. The minimum absolute atomic E-state index is 0.191. The molecule has 0 saturated heterocycles. The minimum Gasteiger partial charge on any atom is -0.493 e. The molecule has 0 heterocycles. The summed E-state index contributed by atoms with van der Waals surface area (Å²) in [6, 6.07) is 5.96. The third-order valence-electron chi connectivity index (χ3n) is 3.10. The molecule has 0 bridgehead atoms. The normalized spacial score (nSPS) is 10.8. The van der Waals surface area contributed by atoms with E-state index in [0.29, 0.717) is 6.54 Å². The average Bonchev–Trinajstić information content (AvgIpc) is 2.44. The minimum atomic E-state index is 0.191. The zero-order valence-corrected chi connectivity index (χ0v) is 12.2. The summed E-state index contributed by atoms with van der Waals surface area (Å²) in [7, 11) is 3.28. The van der Waals surface area contributed by atoms with E-state index in [0.717, 1.165) is 37.4 Å². The molecular weight excluding hydrogens is 242 g/mol. The molecule has 0 amide bonds. The summed E-state index contributed by atoms with van der Waals surface area (Å²) in [6.07, 6.45) is 2.31. The lowest BCUT2D eigenvalue weighted by atomic mass is 10.1. The van der Waals surface area contributed by atoms with Crippen molar-refractivity contribution in [3.63, 3.8) is 0 Å². The average molecular weight is 267 g/mol. The van der Waals surface area contributed by atoms with Gasteiger partial charge in [-0.05, 0) is 30.7 Å². The Hall–Kier alpha value is -1.26. The van der Waals surface area contributed by atoms with Gasteiger partial charge in [-0.1, -0.05) is 19.4 Å². The highest BCUT2D eigenvalue weighted by Crippen LogP contribution is 2.28. The van der Waals surface area contributed by atoms with Crippen molar-refractivity contribution in [1.82, 2.24) is 4.90 Å². The fourth-order valence-electron chi connectivity index (χ4n) is 2.03. The van der Waals surface area contributed by atoms with Crippen LogP contribution in [0.2, 0.25) is 0 Å². The summed E-state index contributed by atoms with van der Waals surface area (Å²) in [4.78, 5) is 2.25. The number of benzene rings is 1. The van der Waals surface area contributed by atoms with Gasteiger partial charge in [0.2, 0.25) is 0 Å². The summed E-state index contributed by atoms with van der Waals surface area (Å²) in [5.74, 6) is 1.49. The molecule has 0 atom stereocenters. The van der Waals surface area contributed by atoms with E-state index in [9.17, 15) is 0 Å². The van der Waals surface area contributed by atoms with Crippen LogP contribution in [-0.4, -0.2) is 43.9 Å². The van der Waals surface area contributed by atoms with Gasteiger partial charge in [0, 0.05) is 13.1 Å². The van der Waals surface area contributed by atoms with Gasteiger partial charge in [0.05, 0.1) is 20.8 Å². The largest absolute Gasteiger partial charge is 0.493 e. The predicted octanol–water partition coefficient (Wildman–Crippen LogP) is 2.30. The number of methoxy groups -OCH3 is 2. The lowest BCUT2D eigenvalue weighted by Crippen LogP contribution is -2.27. The standard InChI is InChI=1S/C15H25NO3/c1-4-5-8-16(9-10-17)12-13-6-7-14(18-2)15(11-13)19-3/h6-7,11,17H,4-5,8-10,12H2,1-3H3. The second kappa shape index (κ2) is 8.77. The quantitative estimate of drug-likeness (QED) is 0.745. The van der Waals surface area contributed by atoms with E-state index in [1.807, 2.05) is 18.2 Å². The predicted molar refractivity (Wildman–Crippen MR) is 76.8 cm³/mol. The van der Waals surface area contributed by atoms with E-state index in [1.165, 1.54) is 5.56 Å². The number of ether oxygens (including phenoxy) is 2. The van der Waals surface area contributed by atoms with Gasteiger partial charge >= 0.3 is 0 Å². The number of aliphatic hydroxyl groups excluding tert-OH is 1. The van der Waals surface area contributed by atoms with Crippen LogP contribution in [0.25, 0.3) is 0 Å². The van der Waals surface area contributed by atoms with Crippen LogP contribution in [0.5, 0.6) is 11.5 Å². The van der Waals surface area contributed by atoms with Crippen molar-refractivity contribution in [3.05, 3.63) is 23.8 Å². The third-order valence-corrected chi connectivity index (χ3v) is 3.10. The number of nitrogens with zero attached hydrogens (tertiary/aromatic N) is 1. The van der Waals surface area contributed by atoms with Crippen molar-refractivity contribution >= 4 is 0 Å². The Labute approximate surface area is 115 Å². The maximum Gasteiger partial charge on any atom is 0.161 e. The first kappa shape index (κ1) is 15.8. The molecule has 0 unspecified atom stereocenters. The first-order valence-electron chi connectivity index (χ1n) is 6.79. The Bertz CT molecular complexity index is 368. The van der Waals surface area contributed by atoms with Crippen molar-refractivity contribution in [3.8, 4) is 11.5 Å². The molecule has 4 heteroatoms. The van der Waals surface area contributed by atoms with Crippen LogP contribution in [0, 0.1) is 0 Å². The van der Waals surface area contributed by atoms with Crippen molar-refractivity contribution in [2.24, 2.45) is 0 Å². The molecule has 1 N–H and O–H groups in total. The van der Waals surface area contributed by atoms with Crippen molar-refractivity contribution in [1.29, 1.82) is 0 Å². The molecule has 0 saturated carbocycles. The van der Waals surface area contributed by atoms with Crippen LogP contribution in [0.15, 0.2) is 18.2 Å². The fraction of sp³-hybridized carbons (Fsp3) is 0.600. The van der Waals surface area contributed by atoms with E-state index in [1.54, 1.807) is 14.2 Å². The number of rotatable bonds is 9. The first-order valence-corrected chi connectivity index (χ1v) is 6.79. The van der Waals surface area contributed by atoms with Gasteiger partial charge < -0.3 is 14.6 Å². The third kappa shape index (κ3) is 5.09. The Morgan fingerprint density at radius 2 is 1.84 bits per heavy atom. The van der Waals surface area contributed by atoms with Crippen LogP contribution in [-0.2, 0) is 6.54 Å². The number of unbranched alkanes of at least 4 members (excludes halogenated alkanes) is 1. The maximum absolute atomic E-state index is 9.11. The van der Waals surface area contributed by atoms with Gasteiger partial charge in [-0.3, -0.25) is 4.90 Å². The van der Waals surface area contributed by atoms with Gasteiger partial charge in [-0.15, -0.1) is 0 Å². The van der Waals surface area contributed by atoms with Crippen LogP contribution in [0.4, 0.5) is 0 Å². The smallest absolute Gasteiger partial charge is 0.161 e. The lowest BCUT2D eigenvalue weighted by molar-refractivity contribution is 0.188. The monoisotopic (exact) mass is 267 g/mol. The van der Waals surface area contributed by atoms with Gasteiger partial charge in [0.1, 0.15) is 0 Å². The van der Waals surface area contributed by atoms with Crippen molar-refractivity contribution < 1.29 is 14.6 Å². The first-order chi connectivity index (χ1) is 9.24. The van der Waals surface area contributed by atoms with Crippen molar-refractivity contribution in [2.75, 3.05) is 33.9 Å². The zero-order chi connectivity index (χ0) is 14.1. The Balaban J connectivity index is 2.72. The van der Waals surface area contributed by atoms with E-state index < -0.39 is 0 Å². The zero-order valence-electron chi connectivity index (χ0n) is 12.2. The highest BCUT2D eigenvalue weighted by molar-refractivity contribution is 5.42. The molecular formula is C15H25NO3. The molecule has 0 aliphatic carbocycles. The molecule has 0 aromatic heterocycles. The van der Waals surface area contributed by atoms with Crippen LogP contribution in [0.3, 0.4) is 0 Å². The van der Waals surface area contributed by atoms with E-state index >= 15 is 0 Å². The number of hydrogen-bond acceptors (Lipinski definition) is 4. The molecule has 108 valence electrons. The molecule has 0 radical (unpaired) electrons. The van der Waals surface area contributed by atoms with E-state index in [4.69, 9.17) is 14.6 Å². The van der Waals surface area contributed by atoms with Crippen molar-refractivity contribution in [2.45, 2.75) is 26.3 Å². The summed E-state index contributed by atoms with van der Waals surface area (Å²) in [5.41, 5.74) is 1.17. The number of aliphatic hydroxyl groups is 1. The summed E-state index contributed by atoms with van der Waals surface area (Å²) >= 11 is 0. The molecule has 1 rings (SSSR count). The number of hydrogen-bond donors (Lipinski definition) is 1. The summed E-state index contributed by atoms with van der Waals surface area (Å²) in [6.45, 7) is 4.89. The molecule has 0 aliphatic rings. The molecule has 0 spiro atoms. The van der Waals surface area contributed by atoms with Crippen LogP contribution in [0.1, 0.15) is 25.3 Å².